The molecule has 92 valence electrons. The summed E-state index contributed by atoms with van der Waals surface area (Å²) in [4.78, 5) is 19.7. The molecule has 0 N–H and O–H groups in total. The molecule has 0 spiro atoms. The van der Waals surface area contributed by atoms with Gasteiger partial charge in [-0.05, 0) is 13.0 Å². The van der Waals surface area contributed by atoms with Gasteiger partial charge < -0.3 is 4.74 Å². The number of aromatic nitrogens is 2. The SMILES string of the molecule is CCOC(=O)/C=C/c1nccnc1C(C)(C)C. The molecule has 0 aliphatic heterocycles. The maximum atomic E-state index is 11.2. The first-order valence-corrected chi connectivity index (χ1v) is 5.61. The fourth-order valence-corrected chi connectivity index (χ4v) is 1.39. The summed E-state index contributed by atoms with van der Waals surface area (Å²) < 4.78 is 4.82. The van der Waals surface area contributed by atoms with Gasteiger partial charge in [-0.1, -0.05) is 20.8 Å². The van der Waals surface area contributed by atoms with E-state index in [4.69, 9.17) is 4.74 Å². The van der Waals surface area contributed by atoms with Gasteiger partial charge in [0.25, 0.3) is 0 Å². The second kappa shape index (κ2) is 5.57. The molecule has 1 aromatic rings. The molecular weight excluding hydrogens is 216 g/mol. The summed E-state index contributed by atoms with van der Waals surface area (Å²) in [6.07, 6.45) is 6.29. The number of hydrogen-bond donors (Lipinski definition) is 0. The van der Waals surface area contributed by atoms with Crippen molar-refractivity contribution in [1.82, 2.24) is 9.97 Å². The van der Waals surface area contributed by atoms with Gasteiger partial charge in [0.1, 0.15) is 0 Å². The van der Waals surface area contributed by atoms with Crippen LogP contribution < -0.4 is 0 Å². The Morgan fingerprint density at radius 1 is 1.35 bits per heavy atom. The molecule has 1 heterocycles. The minimum atomic E-state index is -0.363. The van der Waals surface area contributed by atoms with Gasteiger partial charge in [0.15, 0.2) is 0 Å². The molecule has 0 fully saturated rings. The Bertz CT molecular complexity index is 420. The van der Waals surface area contributed by atoms with Crippen LogP contribution in [0.2, 0.25) is 0 Å². The third kappa shape index (κ3) is 3.98. The van der Waals surface area contributed by atoms with E-state index >= 15 is 0 Å². The lowest BCUT2D eigenvalue weighted by Gasteiger charge is -2.18. The maximum Gasteiger partial charge on any atom is 0.330 e. The van der Waals surface area contributed by atoms with Crippen LogP contribution in [0.5, 0.6) is 0 Å². The van der Waals surface area contributed by atoms with Gasteiger partial charge in [0, 0.05) is 23.9 Å². The van der Waals surface area contributed by atoms with E-state index in [1.165, 1.54) is 6.08 Å². The molecule has 0 aliphatic carbocycles. The molecule has 0 radical (unpaired) electrons. The van der Waals surface area contributed by atoms with Crippen LogP contribution in [0, 0.1) is 0 Å². The van der Waals surface area contributed by atoms with Crippen molar-refractivity contribution >= 4 is 12.0 Å². The van der Waals surface area contributed by atoms with Crippen LogP contribution in [0.15, 0.2) is 18.5 Å². The largest absolute Gasteiger partial charge is 0.463 e. The summed E-state index contributed by atoms with van der Waals surface area (Å²) in [7, 11) is 0. The van der Waals surface area contributed by atoms with Crippen LogP contribution in [-0.2, 0) is 14.9 Å². The number of esters is 1. The van der Waals surface area contributed by atoms with Crippen molar-refractivity contribution in [3.8, 4) is 0 Å². The summed E-state index contributed by atoms with van der Waals surface area (Å²) in [5.74, 6) is -0.363. The smallest absolute Gasteiger partial charge is 0.330 e. The minimum Gasteiger partial charge on any atom is -0.463 e. The van der Waals surface area contributed by atoms with Crippen LogP contribution in [-0.4, -0.2) is 22.5 Å². The van der Waals surface area contributed by atoms with Crippen molar-refractivity contribution < 1.29 is 9.53 Å². The van der Waals surface area contributed by atoms with Crippen molar-refractivity contribution in [2.24, 2.45) is 0 Å². The quantitative estimate of drug-likeness (QED) is 0.595. The number of carbonyl (C=O) groups excluding carboxylic acids is 1. The molecule has 0 aromatic carbocycles. The molecule has 4 heteroatoms. The lowest BCUT2D eigenvalue weighted by molar-refractivity contribution is -0.137. The van der Waals surface area contributed by atoms with E-state index in [1.807, 2.05) is 0 Å². The van der Waals surface area contributed by atoms with Crippen LogP contribution in [0.4, 0.5) is 0 Å². The third-order valence-corrected chi connectivity index (χ3v) is 2.10. The Kier molecular flexibility index (Phi) is 4.37. The Balaban J connectivity index is 2.95. The second-order valence-corrected chi connectivity index (χ2v) is 4.63. The Hall–Kier alpha value is -1.71. The molecule has 0 aliphatic rings. The summed E-state index contributed by atoms with van der Waals surface area (Å²) in [6, 6.07) is 0. The first-order valence-electron chi connectivity index (χ1n) is 5.61. The van der Waals surface area contributed by atoms with Crippen LogP contribution >= 0.6 is 0 Å². The lowest BCUT2D eigenvalue weighted by Crippen LogP contribution is -2.16. The highest BCUT2D eigenvalue weighted by atomic mass is 16.5. The van der Waals surface area contributed by atoms with E-state index < -0.39 is 0 Å². The molecular formula is C13H18N2O2. The van der Waals surface area contributed by atoms with Crippen LogP contribution in [0.25, 0.3) is 6.08 Å². The summed E-state index contributed by atoms with van der Waals surface area (Å²) >= 11 is 0. The number of rotatable bonds is 3. The van der Waals surface area contributed by atoms with E-state index in [0.717, 1.165) is 5.69 Å². The predicted molar refractivity (Wildman–Crippen MR) is 66.4 cm³/mol. The van der Waals surface area contributed by atoms with Crippen molar-refractivity contribution in [3.63, 3.8) is 0 Å². The number of ether oxygens (including phenoxy) is 1. The van der Waals surface area contributed by atoms with Crippen molar-refractivity contribution in [3.05, 3.63) is 29.9 Å². The highest BCUT2D eigenvalue weighted by molar-refractivity contribution is 5.86. The van der Waals surface area contributed by atoms with Crippen LogP contribution in [0.3, 0.4) is 0 Å². The summed E-state index contributed by atoms with van der Waals surface area (Å²) in [5, 5.41) is 0. The maximum absolute atomic E-state index is 11.2. The van der Waals surface area contributed by atoms with Crippen LogP contribution in [0.1, 0.15) is 39.1 Å². The molecule has 4 nitrogen and oxygen atoms in total. The average molecular weight is 234 g/mol. The molecule has 0 saturated carbocycles. The zero-order chi connectivity index (χ0) is 12.9. The fraction of sp³-hybridized carbons (Fsp3) is 0.462. The molecule has 1 rings (SSSR count). The summed E-state index contributed by atoms with van der Waals surface area (Å²) in [6.45, 7) is 8.31. The van der Waals surface area contributed by atoms with Gasteiger partial charge in [0.05, 0.1) is 18.0 Å². The van der Waals surface area contributed by atoms with E-state index in [-0.39, 0.29) is 11.4 Å². The zero-order valence-corrected chi connectivity index (χ0v) is 10.7. The van der Waals surface area contributed by atoms with Gasteiger partial charge in [-0.25, -0.2) is 4.79 Å². The van der Waals surface area contributed by atoms with Crippen molar-refractivity contribution in [1.29, 1.82) is 0 Å². The van der Waals surface area contributed by atoms with E-state index in [0.29, 0.717) is 12.3 Å². The van der Waals surface area contributed by atoms with Crippen molar-refractivity contribution in [2.45, 2.75) is 33.1 Å². The van der Waals surface area contributed by atoms with Gasteiger partial charge in [-0.2, -0.15) is 0 Å². The molecule has 0 bridgehead atoms. The van der Waals surface area contributed by atoms with Gasteiger partial charge >= 0.3 is 5.97 Å². The molecule has 0 atom stereocenters. The molecule has 0 saturated heterocycles. The first-order chi connectivity index (χ1) is 7.95. The molecule has 0 unspecified atom stereocenters. The highest BCUT2D eigenvalue weighted by Crippen LogP contribution is 2.22. The lowest BCUT2D eigenvalue weighted by atomic mass is 9.90. The van der Waals surface area contributed by atoms with Gasteiger partial charge in [-0.3, -0.25) is 9.97 Å². The van der Waals surface area contributed by atoms with Gasteiger partial charge in [0.2, 0.25) is 0 Å². The Morgan fingerprint density at radius 3 is 2.59 bits per heavy atom. The Labute approximate surface area is 102 Å². The number of carbonyl (C=O) groups is 1. The molecule has 1 aromatic heterocycles. The molecule has 17 heavy (non-hydrogen) atoms. The number of hydrogen-bond acceptors (Lipinski definition) is 4. The topological polar surface area (TPSA) is 52.1 Å². The standard InChI is InChI=1S/C13H18N2O2/c1-5-17-11(16)7-6-10-12(13(2,3)4)15-9-8-14-10/h6-9H,5H2,1-4H3/b7-6+. The zero-order valence-electron chi connectivity index (χ0n) is 10.7. The minimum absolute atomic E-state index is 0.109. The first kappa shape index (κ1) is 13.4. The molecule has 0 amide bonds. The second-order valence-electron chi connectivity index (χ2n) is 4.63. The van der Waals surface area contributed by atoms with E-state index in [2.05, 4.69) is 30.7 Å². The van der Waals surface area contributed by atoms with E-state index in [9.17, 15) is 4.79 Å². The third-order valence-electron chi connectivity index (χ3n) is 2.10. The highest BCUT2D eigenvalue weighted by Gasteiger charge is 2.19. The monoisotopic (exact) mass is 234 g/mol. The van der Waals surface area contributed by atoms with E-state index in [1.54, 1.807) is 25.4 Å². The Morgan fingerprint density at radius 2 is 2.00 bits per heavy atom. The van der Waals surface area contributed by atoms with Gasteiger partial charge in [-0.15, -0.1) is 0 Å². The number of nitrogens with zero attached hydrogens (tertiary/aromatic N) is 2. The predicted octanol–water partition coefficient (Wildman–Crippen LogP) is 2.35. The fourth-order valence-electron chi connectivity index (χ4n) is 1.39. The van der Waals surface area contributed by atoms with Crippen molar-refractivity contribution in [2.75, 3.05) is 6.61 Å². The average Bonchev–Trinajstić information content (AvgIpc) is 2.26. The normalized spacial score (nSPS) is 11.8. The summed E-state index contributed by atoms with van der Waals surface area (Å²) in [5.41, 5.74) is 1.45.